The molecule has 0 unspecified atom stereocenters. The van der Waals surface area contributed by atoms with Crippen LogP contribution in [-0.2, 0) is 16.1 Å². The Kier molecular flexibility index (Phi) is 10.0. The highest BCUT2D eigenvalue weighted by atomic mass is 35.5. The number of aliphatic carboxylic acids is 2. The van der Waals surface area contributed by atoms with E-state index in [0.717, 1.165) is 6.07 Å². The van der Waals surface area contributed by atoms with Gasteiger partial charge in [0.15, 0.2) is 0 Å². The van der Waals surface area contributed by atoms with Gasteiger partial charge in [-0.3, -0.25) is 4.79 Å². The van der Waals surface area contributed by atoms with Crippen LogP contribution in [0.1, 0.15) is 29.0 Å². The lowest BCUT2D eigenvalue weighted by Gasteiger charge is -2.36. The van der Waals surface area contributed by atoms with E-state index in [0.29, 0.717) is 43.2 Å². The number of nitrogens with one attached hydrogen (secondary N) is 1. The maximum absolute atomic E-state index is 14.9. The average molecular weight is 497 g/mol. The molecule has 3 rings (SSSR count). The zero-order valence-electron chi connectivity index (χ0n) is 18.0. The van der Waals surface area contributed by atoms with Gasteiger partial charge in [0.2, 0.25) is 0 Å². The Balaban J connectivity index is 0.000000440. The highest BCUT2D eigenvalue weighted by molar-refractivity contribution is 6.31. The molecule has 1 aromatic carbocycles. The van der Waals surface area contributed by atoms with E-state index >= 15 is 0 Å². The van der Waals surface area contributed by atoms with Gasteiger partial charge in [-0.25, -0.2) is 28.3 Å². The summed E-state index contributed by atoms with van der Waals surface area (Å²) in [5, 5.41) is 18.6. The molecule has 3 N–H and O–H groups in total. The van der Waals surface area contributed by atoms with Crippen LogP contribution in [0.5, 0.6) is 0 Å². The standard InChI is InChI=1S/C18H19ClF2N4O.C4H4O4/c19-14-10-13(2-3-15(14)20)17(26)25-8-4-18(21,5-9-25)12-22-11-16-23-6-1-7-24-16;5-3(6)1-2-4(7)8/h1-3,6-7,10,22H,4-5,8-9,11-12H2;1-2H,(H,5,6)(H,7,8)/b;2-1+. The predicted octanol–water partition coefficient (Wildman–Crippen LogP) is 2.72. The minimum atomic E-state index is -1.38. The zero-order valence-corrected chi connectivity index (χ0v) is 18.7. The maximum atomic E-state index is 14.9. The molecule has 9 nitrogen and oxygen atoms in total. The van der Waals surface area contributed by atoms with Crippen LogP contribution < -0.4 is 5.32 Å². The minimum absolute atomic E-state index is 0.0972. The summed E-state index contributed by atoms with van der Waals surface area (Å²) in [7, 11) is 0. The molecule has 1 aliphatic rings. The number of nitrogens with zero attached hydrogens (tertiary/aromatic N) is 3. The fraction of sp³-hybridized carbons (Fsp3) is 0.318. The Morgan fingerprint density at radius 3 is 2.24 bits per heavy atom. The summed E-state index contributed by atoms with van der Waals surface area (Å²) < 4.78 is 28.1. The first-order chi connectivity index (χ1) is 16.1. The van der Waals surface area contributed by atoms with Gasteiger partial charge in [-0.1, -0.05) is 11.6 Å². The zero-order chi connectivity index (χ0) is 25.1. The van der Waals surface area contributed by atoms with Crippen molar-refractivity contribution in [2.24, 2.45) is 0 Å². The number of benzene rings is 1. The van der Waals surface area contributed by atoms with Crippen LogP contribution in [-0.4, -0.2) is 68.2 Å². The van der Waals surface area contributed by atoms with E-state index in [1.165, 1.54) is 12.1 Å². The number of hydrogen-bond donors (Lipinski definition) is 3. The van der Waals surface area contributed by atoms with Gasteiger partial charge in [-0.2, -0.15) is 0 Å². The van der Waals surface area contributed by atoms with Crippen molar-refractivity contribution in [3.8, 4) is 0 Å². The minimum Gasteiger partial charge on any atom is -0.478 e. The molecule has 0 saturated carbocycles. The van der Waals surface area contributed by atoms with E-state index in [-0.39, 0.29) is 30.3 Å². The van der Waals surface area contributed by atoms with Gasteiger partial charge in [0, 0.05) is 62.6 Å². The van der Waals surface area contributed by atoms with Gasteiger partial charge in [-0.15, -0.1) is 0 Å². The third kappa shape index (κ3) is 8.83. The third-order valence-corrected chi connectivity index (χ3v) is 5.12. The Morgan fingerprint density at radius 2 is 1.71 bits per heavy atom. The molecular weight excluding hydrogens is 474 g/mol. The molecule has 1 aliphatic heterocycles. The summed E-state index contributed by atoms with van der Waals surface area (Å²) in [4.78, 5) is 41.3. The average Bonchev–Trinajstić information content (AvgIpc) is 2.81. The van der Waals surface area contributed by atoms with E-state index < -0.39 is 23.4 Å². The largest absolute Gasteiger partial charge is 0.478 e. The monoisotopic (exact) mass is 496 g/mol. The first kappa shape index (κ1) is 26.8. The fourth-order valence-electron chi connectivity index (χ4n) is 3.06. The number of aromatic nitrogens is 2. The molecule has 1 amide bonds. The molecule has 1 aromatic heterocycles. The SMILES string of the molecule is O=C(O)/C=C/C(=O)O.O=C(c1ccc(F)c(Cl)c1)N1CCC(F)(CNCc2ncccn2)CC1. The second kappa shape index (κ2) is 12.7. The summed E-state index contributed by atoms with van der Waals surface area (Å²) >= 11 is 5.73. The van der Waals surface area contributed by atoms with Gasteiger partial charge in [-0.05, 0) is 24.3 Å². The van der Waals surface area contributed by atoms with Crippen molar-refractivity contribution in [1.82, 2.24) is 20.2 Å². The summed E-state index contributed by atoms with van der Waals surface area (Å²) in [6.07, 6.45) is 4.86. The summed E-state index contributed by atoms with van der Waals surface area (Å²) in [5.74, 6) is -2.74. The maximum Gasteiger partial charge on any atom is 0.328 e. The van der Waals surface area contributed by atoms with E-state index in [4.69, 9.17) is 21.8 Å². The summed E-state index contributed by atoms with van der Waals surface area (Å²) in [6.45, 7) is 1.17. The lowest BCUT2D eigenvalue weighted by Crippen LogP contribution is -2.48. The topological polar surface area (TPSA) is 133 Å². The second-order valence-electron chi connectivity index (χ2n) is 7.35. The van der Waals surface area contributed by atoms with Crippen molar-refractivity contribution in [2.75, 3.05) is 19.6 Å². The van der Waals surface area contributed by atoms with E-state index in [9.17, 15) is 23.2 Å². The van der Waals surface area contributed by atoms with E-state index in [1.54, 1.807) is 23.4 Å². The lowest BCUT2D eigenvalue weighted by molar-refractivity contribution is -0.134. The number of halogens is 3. The predicted molar refractivity (Wildman–Crippen MR) is 119 cm³/mol. The van der Waals surface area contributed by atoms with Crippen LogP contribution in [0.3, 0.4) is 0 Å². The van der Waals surface area contributed by atoms with Crippen molar-refractivity contribution in [2.45, 2.75) is 25.1 Å². The number of carbonyl (C=O) groups is 3. The molecule has 0 aliphatic carbocycles. The van der Waals surface area contributed by atoms with Crippen LogP contribution in [0, 0.1) is 5.82 Å². The first-order valence-electron chi connectivity index (χ1n) is 10.1. The lowest BCUT2D eigenvalue weighted by atomic mass is 9.92. The number of carboxylic acids is 2. The van der Waals surface area contributed by atoms with Gasteiger partial charge < -0.3 is 20.4 Å². The third-order valence-electron chi connectivity index (χ3n) is 4.83. The van der Waals surface area contributed by atoms with E-state index in [1.807, 2.05) is 0 Å². The van der Waals surface area contributed by atoms with Crippen molar-refractivity contribution < 1.29 is 33.4 Å². The normalized spacial score (nSPS) is 14.9. The molecule has 0 radical (unpaired) electrons. The number of piperidine rings is 1. The number of rotatable bonds is 7. The number of alkyl halides is 1. The summed E-state index contributed by atoms with van der Waals surface area (Å²) in [5.41, 5.74) is -1.08. The fourth-order valence-corrected chi connectivity index (χ4v) is 3.24. The Bertz CT molecular complexity index is 1020. The number of carboxylic acid groups (broad SMARTS) is 2. The number of carbonyl (C=O) groups excluding carboxylic acids is 1. The number of likely N-dealkylation sites (tertiary alicyclic amines) is 1. The number of hydrogen-bond acceptors (Lipinski definition) is 6. The van der Waals surface area contributed by atoms with Crippen LogP contribution >= 0.6 is 11.6 Å². The molecule has 0 spiro atoms. The summed E-state index contributed by atoms with van der Waals surface area (Å²) in [6, 6.07) is 5.58. The van der Waals surface area contributed by atoms with Crippen molar-refractivity contribution in [1.29, 1.82) is 0 Å². The quantitative estimate of drug-likeness (QED) is 0.498. The molecule has 12 heteroatoms. The first-order valence-corrected chi connectivity index (χ1v) is 10.5. The molecule has 2 heterocycles. The highest BCUT2D eigenvalue weighted by Crippen LogP contribution is 2.27. The van der Waals surface area contributed by atoms with E-state index in [2.05, 4.69) is 15.3 Å². The molecule has 182 valence electrons. The number of amides is 1. The van der Waals surface area contributed by atoms with Crippen LogP contribution in [0.15, 0.2) is 48.8 Å². The smallest absolute Gasteiger partial charge is 0.328 e. The molecular formula is C22H23ClF2N4O5. The van der Waals surface area contributed by atoms with Gasteiger partial charge >= 0.3 is 11.9 Å². The molecule has 0 bridgehead atoms. The molecule has 1 saturated heterocycles. The molecule has 34 heavy (non-hydrogen) atoms. The highest BCUT2D eigenvalue weighted by Gasteiger charge is 2.36. The van der Waals surface area contributed by atoms with Gasteiger partial charge in [0.25, 0.3) is 5.91 Å². The van der Waals surface area contributed by atoms with Crippen molar-refractivity contribution in [3.05, 3.63) is 71.0 Å². The van der Waals surface area contributed by atoms with Crippen LogP contribution in [0.2, 0.25) is 5.02 Å². The van der Waals surface area contributed by atoms with Crippen LogP contribution in [0.4, 0.5) is 8.78 Å². The Labute approximate surface area is 199 Å². The van der Waals surface area contributed by atoms with Crippen molar-refractivity contribution in [3.63, 3.8) is 0 Å². The van der Waals surface area contributed by atoms with Crippen molar-refractivity contribution >= 4 is 29.4 Å². The molecule has 2 aromatic rings. The second-order valence-corrected chi connectivity index (χ2v) is 7.76. The van der Waals surface area contributed by atoms with Gasteiger partial charge in [0.05, 0.1) is 11.6 Å². The Hall–Kier alpha value is -3.44. The van der Waals surface area contributed by atoms with Crippen LogP contribution in [0.25, 0.3) is 0 Å². The Morgan fingerprint density at radius 1 is 1.12 bits per heavy atom. The molecule has 1 fully saturated rings. The van der Waals surface area contributed by atoms with Gasteiger partial charge in [0.1, 0.15) is 17.3 Å². The molecule has 0 atom stereocenters.